The van der Waals surface area contributed by atoms with Crippen LogP contribution in [0.15, 0.2) is 24.3 Å². The van der Waals surface area contributed by atoms with Crippen LogP contribution in [0.4, 0.5) is 0 Å². The van der Waals surface area contributed by atoms with Crippen LogP contribution in [0.1, 0.15) is 33.1 Å². The molecule has 1 aromatic carbocycles. The lowest BCUT2D eigenvalue weighted by Crippen LogP contribution is -2.38. The molecule has 0 radical (unpaired) electrons. The molecule has 0 aromatic heterocycles. The fourth-order valence-corrected chi connectivity index (χ4v) is 2.15. The van der Waals surface area contributed by atoms with Crippen LogP contribution in [-0.2, 0) is 0 Å². The van der Waals surface area contributed by atoms with E-state index in [-0.39, 0.29) is 6.10 Å². The molecular weight excluding hydrogens is 226 g/mol. The molecule has 1 atom stereocenters. The van der Waals surface area contributed by atoms with Gasteiger partial charge in [0.2, 0.25) is 0 Å². The van der Waals surface area contributed by atoms with Gasteiger partial charge >= 0.3 is 0 Å². The van der Waals surface area contributed by atoms with Crippen molar-refractivity contribution in [1.82, 2.24) is 5.32 Å². The average Bonchev–Trinajstić information content (AvgIpc) is 2.38. The second-order valence-electron chi connectivity index (χ2n) is 5.10. The van der Waals surface area contributed by atoms with Gasteiger partial charge in [0.15, 0.2) is 0 Å². The number of hydrogen-bond donors (Lipinski definition) is 1. The molecule has 1 aliphatic heterocycles. The minimum absolute atomic E-state index is 0.211. The number of benzene rings is 1. The topological polar surface area (TPSA) is 30.5 Å². The summed E-state index contributed by atoms with van der Waals surface area (Å²) in [4.78, 5) is 0. The van der Waals surface area contributed by atoms with E-state index >= 15 is 0 Å². The lowest BCUT2D eigenvalue weighted by atomic mass is 10.1. The fraction of sp³-hybridized carbons (Fsp3) is 0.600. The van der Waals surface area contributed by atoms with Crippen LogP contribution < -0.4 is 14.8 Å². The molecule has 1 aromatic rings. The van der Waals surface area contributed by atoms with Crippen molar-refractivity contribution >= 4 is 0 Å². The van der Waals surface area contributed by atoms with Gasteiger partial charge in [0, 0.05) is 6.04 Å². The largest absolute Gasteiger partial charge is 0.492 e. The van der Waals surface area contributed by atoms with Gasteiger partial charge in [-0.2, -0.15) is 0 Å². The zero-order chi connectivity index (χ0) is 12.8. The number of hydrogen-bond acceptors (Lipinski definition) is 3. The van der Waals surface area contributed by atoms with Crippen LogP contribution in [0.5, 0.6) is 11.5 Å². The van der Waals surface area contributed by atoms with E-state index in [1.54, 1.807) is 0 Å². The summed E-state index contributed by atoms with van der Waals surface area (Å²) in [5, 5.41) is 3.48. The minimum Gasteiger partial charge on any atom is -0.492 e. The summed E-state index contributed by atoms with van der Waals surface area (Å²) in [6, 6.07) is 8.37. The van der Waals surface area contributed by atoms with Crippen LogP contribution in [0.25, 0.3) is 0 Å². The van der Waals surface area contributed by atoms with Crippen molar-refractivity contribution in [2.75, 3.05) is 13.2 Å². The van der Waals surface area contributed by atoms with Gasteiger partial charge in [-0.1, -0.05) is 6.42 Å². The standard InChI is InChI=1S/C15H23NO2/c1-12(2)18-15-8-6-14(7-9-15)17-11-13-5-3-4-10-16-13/h6-9,12-13,16H,3-5,10-11H2,1-2H3/t13-/m0/s1. The number of piperidine rings is 1. The highest BCUT2D eigenvalue weighted by Crippen LogP contribution is 2.19. The van der Waals surface area contributed by atoms with Crippen molar-refractivity contribution in [3.05, 3.63) is 24.3 Å². The van der Waals surface area contributed by atoms with E-state index in [1.165, 1.54) is 19.3 Å². The van der Waals surface area contributed by atoms with Gasteiger partial charge in [-0.15, -0.1) is 0 Å². The highest BCUT2D eigenvalue weighted by atomic mass is 16.5. The average molecular weight is 249 g/mol. The second kappa shape index (κ2) is 6.64. The highest BCUT2D eigenvalue weighted by molar-refractivity contribution is 5.31. The van der Waals surface area contributed by atoms with Gasteiger partial charge in [-0.3, -0.25) is 0 Å². The second-order valence-corrected chi connectivity index (χ2v) is 5.10. The Kier molecular flexibility index (Phi) is 4.88. The molecule has 1 saturated heterocycles. The molecule has 3 nitrogen and oxygen atoms in total. The Morgan fingerprint density at radius 1 is 1.17 bits per heavy atom. The Hall–Kier alpha value is -1.22. The number of rotatable bonds is 5. The van der Waals surface area contributed by atoms with Crippen molar-refractivity contribution in [2.24, 2.45) is 0 Å². The van der Waals surface area contributed by atoms with E-state index in [1.807, 2.05) is 38.1 Å². The van der Waals surface area contributed by atoms with Gasteiger partial charge < -0.3 is 14.8 Å². The lowest BCUT2D eigenvalue weighted by molar-refractivity contribution is 0.234. The van der Waals surface area contributed by atoms with E-state index < -0.39 is 0 Å². The van der Waals surface area contributed by atoms with Crippen molar-refractivity contribution < 1.29 is 9.47 Å². The van der Waals surface area contributed by atoms with E-state index in [0.717, 1.165) is 24.7 Å². The molecule has 1 fully saturated rings. The summed E-state index contributed by atoms with van der Waals surface area (Å²) in [5.74, 6) is 1.81. The predicted molar refractivity (Wildman–Crippen MR) is 73.3 cm³/mol. The molecule has 0 unspecified atom stereocenters. The van der Waals surface area contributed by atoms with Gasteiger partial charge in [-0.25, -0.2) is 0 Å². The first-order chi connectivity index (χ1) is 8.74. The molecule has 3 heteroatoms. The summed E-state index contributed by atoms with van der Waals surface area (Å²) < 4.78 is 11.4. The molecule has 0 amide bonds. The Morgan fingerprint density at radius 2 is 1.89 bits per heavy atom. The van der Waals surface area contributed by atoms with Crippen molar-refractivity contribution in [2.45, 2.75) is 45.3 Å². The van der Waals surface area contributed by atoms with Crippen LogP contribution in [0, 0.1) is 0 Å². The van der Waals surface area contributed by atoms with E-state index in [4.69, 9.17) is 9.47 Å². The SMILES string of the molecule is CC(C)Oc1ccc(OC[C@@H]2CCCCN2)cc1. The maximum absolute atomic E-state index is 5.79. The van der Waals surface area contributed by atoms with Gasteiger partial charge in [0.05, 0.1) is 6.10 Å². The first-order valence-electron chi connectivity index (χ1n) is 6.87. The molecule has 18 heavy (non-hydrogen) atoms. The summed E-state index contributed by atoms with van der Waals surface area (Å²) in [6.07, 6.45) is 4.03. The molecule has 0 aliphatic carbocycles. The van der Waals surface area contributed by atoms with Crippen LogP contribution in [0.3, 0.4) is 0 Å². The quantitative estimate of drug-likeness (QED) is 0.870. The molecular formula is C15H23NO2. The molecule has 1 heterocycles. The monoisotopic (exact) mass is 249 g/mol. The van der Waals surface area contributed by atoms with Crippen LogP contribution in [0.2, 0.25) is 0 Å². The number of nitrogens with one attached hydrogen (secondary N) is 1. The van der Waals surface area contributed by atoms with E-state index in [0.29, 0.717) is 6.04 Å². The minimum atomic E-state index is 0.211. The third-order valence-electron chi connectivity index (χ3n) is 3.06. The van der Waals surface area contributed by atoms with Crippen molar-refractivity contribution in [3.8, 4) is 11.5 Å². The zero-order valence-corrected chi connectivity index (χ0v) is 11.3. The van der Waals surface area contributed by atoms with Crippen molar-refractivity contribution in [3.63, 3.8) is 0 Å². The van der Waals surface area contributed by atoms with Crippen LogP contribution in [-0.4, -0.2) is 25.3 Å². The fourth-order valence-electron chi connectivity index (χ4n) is 2.15. The Bertz CT molecular complexity index is 342. The maximum atomic E-state index is 5.79. The number of ether oxygens (including phenoxy) is 2. The van der Waals surface area contributed by atoms with Gasteiger partial charge in [0.25, 0.3) is 0 Å². The molecule has 2 rings (SSSR count). The third-order valence-corrected chi connectivity index (χ3v) is 3.06. The smallest absolute Gasteiger partial charge is 0.119 e. The first-order valence-corrected chi connectivity index (χ1v) is 6.87. The molecule has 1 aliphatic rings. The summed E-state index contributed by atoms with van der Waals surface area (Å²) in [6.45, 7) is 5.93. The lowest BCUT2D eigenvalue weighted by Gasteiger charge is -2.23. The van der Waals surface area contributed by atoms with E-state index in [9.17, 15) is 0 Å². The Labute approximate surface area is 109 Å². The molecule has 0 bridgehead atoms. The van der Waals surface area contributed by atoms with Gasteiger partial charge in [0.1, 0.15) is 18.1 Å². The summed E-state index contributed by atoms with van der Waals surface area (Å²) >= 11 is 0. The third kappa shape index (κ3) is 4.22. The summed E-state index contributed by atoms with van der Waals surface area (Å²) in [5.41, 5.74) is 0. The molecule has 0 saturated carbocycles. The van der Waals surface area contributed by atoms with Crippen molar-refractivity contribution in [1.29, 1.82) is 0 Å². The Balaban J connectivity index is 1.78. The maximum Gasteiger partial charge on any atom is 0.119 e. The van der Waals surface area contributed by atoms with Crippen LogP contribution >= 0.6 is 0 Å². The summed E-state index contributed by atoms with van der Waals surface area (Å²) in [7, 11) is 0. The highest BCUT2D eigenvalue weighted by Gasteiger charge is 2.12. The predicted octanol–water partition coefficient (Wildman–Crippen LogP) is 2.99. The van der Waals surface area contributed by atoms with Gasteiger partial charge in [-0.05, 0) is 57.5 Å². The van der Waals surface area contributed by atoms with E-state index in [2.05, 4.69) is 5.32 Å². The normalized spacial score (nSPS) is 19.8. The Morgan fingerprint density at radius 3 is 2.50 bits per heavy atom. The molecule has 1 N–H and O–H groups in total. The molecule has 100 valence electrons. The zero-order valence-electron chi connectivity index (χ0n) is 11.3. The first kappa shape index (κ1) is 13.2. The molecule has 0 spiro atoms.